The molecule has 0 aliphatic carbocycles. The van der Waals surface area contributed by atoms with Crippen LogP contribution in [0, 0.1) is 0 Å². The van der Waals surface area contributed by atoms with Crippen LogP contribution in [0.1, 0.15) is 45.2 Å². The van der Waals surface area contributed by atoms with Crippen molar-refractivity contribution in [3.8, 4) is 0 Å². The lowest BCUT2D eigenvalue weighted by molar-refractivity contribution is 0.412. The first-order chi connectivity index (χ1) is 7.47. The Morgan fingerprint density at radius 1 is 1.38 bits per heavy atom. The lowest BCUT2D eigenvalue weighted by Gasteiger charge is -2.24. The maximum atomic E-state index is 11.3. The average molecular weight is 240 g/mol. The highest BCUT2D eigenvalue weighted by Crippen LogP contribution is 2.26. The highest BCUT2D eigenvalue weighted by molar-refractivity contribution is 7.91. The van der Waals surface area contributed by atoms with E-state index >= 15 is 0 Å². The minimum Gasteiger partial charge on any atom is -0.616 e. The zero-order chi connectivity index (χ0) is 11.8. The molecule has 1 aliphatic rings. The molecule has 2 rings (SSSR count). The topological polar surface area (TPSA) is 40.9 Å². The van der Waals surface area contributed by atoms with Gasteiger partial charge in [0.1, 0.15) is 11.5 Å². The van der Waals surface area contributed by atoms with Crippen LogP contribution in [0.5, 0.6) is 0 Å². The highest BCUT2D eigenvalue weighted by atomic mass is 32.2. The largest absolute Gasteiger partial charge is 0.616 e. The van der Waals surface area contributed by atoms with Crippen LogP contribution in [0.15, 0.2) is 12.4 Å². The molecule has 1 saturated heterocycles. The molecular formula is C12H20N2OS. The van der Waals surface area contributed by atoms with Gasteiger partial charge in [-0.05, 0) is 11.0 Å². The van der Waals surface area contributed by atoms with Crippen molar-refractivity contribution < 1.29 is 4.55 Å². The summed E-state index contributed by atoms with van der Waals surface area (Å²) in [7, 11) is 0. The van der Waals surface area contributed by atoms with Gasteiger partial charge < -0.3 is 4.55 Å². The fourth-order valence-corrected chi connectivity index (χ4v) is 3.24. The SMILES string of the molecule is CC(C)(C)c1cnn(C2CC[S+]([O-])CC2)c1. The second-order valence-electron chi connectivity index (χ2n) is 5.54. The number of rotatable bonds is 1. The van der Waals surface area contributed by atoms with Gasteiger partial charge in [0.25, 0.3) is 0 Å². The molecule has 0 radical (unpaired) electrons. The van der Waals surface area contributed by atoms with Gasteiger partial charge in [0.05, 0.1) is 12.2 Å². The first kappa shape index (κ1) is 12.0. The van der Waals surface area contributed by atoms with E-state index in [1.54, 1.807) is 0 Å². The summed E-state index contributed by atoms with van der Waals surface area (Å²) in [5.41, 5.74) is 1.44. The van der Waals surface area contributed by atoms with Crippen LogP contribution in [0.4, 0.5) is 0 Å². The van der Waals surface area contributed by atoms with E-state index in [9.17, 15) is 4.55 Å². The Hall–Kier alpha value is -0.480. The smallest absolute Gasteiger partial charge is 0.107 e. The quantitative estimate of drug-likeness (QED) is 0.707. The van der Waals surface area contributed by atoms with Crippen LogP contribution in [0.25, 0.3) is 0 Å². The first-order valence-electron chi connectivity index (χ1n) is 5.86. The molecule has 3 nitrogen and oxygen atoms in total. The summed E-state index contributed by atoms with van der Waals surface area (Å²) < 4.78 is 13.4. The van der Waals surface area contributed by atoms with Crippen LogP contribution in [0.3, 0.4) is 0 Å². The normalized spacial score (nSPS) is 27.0. The molecule has 0 amide bonds. The van der Waals surface area contributed by atoms with Crippen LogP contribution >= 0.6 is 0 Å². The lowest BCUT2D eigenvalue weighted by atomic mass is 9.90. The molecule has 2 heterocycles. The van der Waals surface area contributed by atoms with E-state index in [2.05, 4.69) is 36.7 Å². The fourth-order valence-electron chi connectivity index (χ4n) is 1.97. The minimum absolute atomic E-state index is 0.162. The maximum Gasteiger partial charge on any atom is 0.107 e. The summed E-state index contributed by atoms with van der Waals surface area (Å²) >= 11 is -0.586. The summed E-state index contributed by atoms with van der Waals surface area (Å²) in [6.45, 7) is 6.60. The second-order valence-corrected chi connectivity index (χ2v) is 7.23. The number of hydrogen-bond donors (Lipinski definition) is 0. The molecule has 0 atom stereocenters. The highest BCUT2D eigenvalue weighted by Gasteiger charge is 2.25. The molecule has 1 aliphatic heterocycles. The van der Waals surface area contributed by atoms with Crippen LogP contribution in [-0.4, -0.2) is 25.8 Å². The van der Waals surface area contributed by atoms with Crippen LogP contribution < -0.4 is 0 Å². The van der Waals surface area contributed by atoms with Crippen molar-refractivity contribution in [3.63, 3.8) is 0 Å². The van der Waals surface area contributed by atoms with Gasteiger partial charge in [-0.1, -0.05) is 31.9 Å². The van der Waals surface area contributed by atoms with Crippen LogP contribution in [-0.2, 0) is 16.6 Å². The molecule has 0 aromatic carbocycles. The Balaban J connectivity index is 2.08. The van der Waals surface area contributed by atoms with E-state index in [4.69, 9.17) is 0 Å². The van der Waals surface area contributed by atoms with Crippen molar-refractivity contribution in [2.24, 2.45) is 0 Å². The third-order valence-electron chi connectivity index (χ3n) is 3.20. The minimum atomic E-state index is -0.586. The summed E-state index contributed by atoms with van der Waals surface area (Å²) in [5, 5.41) is 4.45. The van der Waals surface area contributed by atoms with Crippen molar-refractivity contribution in [2.45, 2.75) is 45.1 Å². The third-order valence-corrected chi connectivity index (χ3v) is 4.58. The summed E-state index contributed by atoms with van der Waals surface area (Å²) in [5.74, 6) is 1.66. The van der Waals surface area contributed by atoms with Gasteiger partial charge in [-0.2, -0.15) is 5.10 Å². The van der Waals surface area contributed by atoms with Gasteiger partial charge >= 0.3 is 0 Å². The van der Waals surface area contributed by atoms with Gasteiger partial charge in [-0.25, -0.2) is 0 Å². The molecule has 1 aromatic heterocycles. The van der Waals surface area contributed by atoms with Crippen molar-refractivity contribution in [3.05, 3.63) is 18.0 Å². The first-order valence-corrected chi connectivity index (χ1v) is 7.35. The van der Waals surface area contributed by atoms with E-state index in [0.29, 0.717) is 6.04 Å². The molecule has 1 aromatic rings. The van der Waals surface area contributed by atoms with E-state index in [0.717, 1.165) is 24.3 Å². The number of hydrogen-bond acceptors (Lipinski definition) is 2. The Bertz CT molecular complexity index is 348. The molecule has 0 bridgehead atoms. The van der Waals surface area contributed by atoms with E-state index in [-0.39, 0.29) is 5.41 Å². The summed E-state index contributed by atoms with van der Waals surface area (Å²) in [4.78, 5) is 0. The van der Waals surface area contributed by atoms with Gasteiger partial charge in [0.2, 0.25) is 0 Å². The summed E-state index contributed by atoms with van der Waals surface area (Å²) in [6, 6.07) is 0.453. The van der Waals surface area contributed by atoms with Gasteiger partial charge in [0.15, 0.2) is 0 Å². The fraction of sp³-hybridized carbons (Fsp3) is 0.750. The van der Waals surface area contributed by atoms with Gasteiger partial charge in [0, 0.05) is 19.0 Å². The molecule has 90 valence electrons. The van der Waals surface area contributed by atoms with Crippen molar-refractivity contribution in [2.75, 3.05) is 11.5 Å². The zero-order valence-corrected chi connectivity index (χ0v) is 11.1. The Kier molecular flexibility index (Phi) is 3.31. The molecule has 4 heteroatoms. The molecule has 16 heavy (non-hydrogen) atoms. The maximum absolute atomic E-state index is 11.3. The van der Waals surface area contributed by atoms with Crippen LogP contribution in [0.2, 0.25) is 0 Å². The predicted octanol–water partition coefficient (Wildman–Crippen LogP) is 2.26. The second kappa shape index (κ2) is 4.41. The molecular weight excluding hydrogens is 220 g/mol. The van der Waals surface area contributed by atoms with Gasteiger partial charge in [-0.3, -0.25) is 4.68 Å². The zero-order valence-electron chi connectivity index (χ0n) is 10.3. The predicted molar refractivity (Wildman–Crippen MR) is 67.1 cm³/mol. The van der Waals surface area contributed by atoms with Crippen molar-refractivity contribution >= 4 is 11.2 Å². The standard InChI is InChI=1S/C12H20N2OS/c1-12(2,3)10-8-13-14(9-10)11-4-6-16(15)7-5-11/h8-9,11H,4-7H2,1-3H3. The van der Waals surface area contributed by atoms with Crippen molar-refractivity contribution in [1.29, 1.82) is 0 Å². The molecule has 0 saturated carbocycles. The molecule has 0 N–H and O–H groups in total. The Morgan fingerprint density at radius 3 is 2.50 bits per heavy atom. The number of nitrogens with zero attached hydrogens (tertiary/aromatic N) is 2. The molecule has 1 fully saturated rings. The van der Waals surface area contributed by atoms with E-state index in [1.807, 2.05) is 6.20 Å². The average Bonchev–Trinajstić information content (AvgIpc) is 2.67. The van der Waals surface area contributed by atoms with Gasteiger partial charge in [-0.15, -0.1) is 0 Å². The number of aromatic nitrogens is 2. The molecule has 0 unspecified atom stereocenters. The van der Waals surface area contributed by atoms with Crippen molar-refractivity contribution in [1.82, 2.24) is 9.78 Å². The molecule has 0 spiro atoms. The lowest BCUT2D eigenvalue weighted by Crippen LogP contribution is -2.25. The van der Waals surface area contributed by atoms with E-state index in [1.165, 1.54) is 5.56 Å². The third kappa shape index (κ3) is 2.61. The van der Waals surface area contributed by atoms with E-state index < -0.39 is 11.2 Å². The monoisotopic (exact) mass is 240 g/mol. The Labute approximate surface area is 100 Å². The summed E-state index contributed by atoms with van der Waals surface area (Å²) in [6.07, 6.45) is 6.11. The Morgan fingerprint density at radius 2 is 2.00 bits per heavy atom.